The molecule has 0 heterocycles. The summed E-state index contributed by atoms with van der Waals surface area (Å²) in [4.78, 5) is 23.7. The minimum Gasteiger partial charge on any atom is -0.452 e. The summed E-state index contributed by atoms with van der Waals surface area (Å²) in [6.45, 7) is 0.316. The van der Waals surface area contributed by atoms with Gasteiger partial charge in [-0.3, -0.25) is 4.79 Å². The normalized spacial score (nSPS) is 15.4. The molecule has 1 saturated carbocycles. The monoisotopic (exact) mass is 343 g/mol. The second-order valence-corrected chi connectivity index (χ2v) is 6.30. The third-order valence-corrected chi connectivity index (χ3v) is 4.44. The number of halogens is 2. The Kier molecular flexibility index (Phi) is 6.52. The molecule has 0 unspecified atom stereocenters. The van der Waals surface area contributed by atoms with Crippen molar-refractivity contribution in [2.45, 2.75) is 32.1 Å². The van der Waals surface area contributed by atoms with Crippen LogP contribution in [0.25, 0.3) is 0 Å². The maximum absolute atomic E-state index is 11.9. The molecule has 0 spiro atoms. The van der Waals surface area contributed by atoms with Crippen LogP contribution in [0.15, 0.2) is 18.2 Å². The molecule has 0 saturated heterocycles. The van der Waals surface area contributed by atoms with Crippen molar-refractivity contribution in [1.29, 1.82) is 0 Å². The van der Waals surface area contributed by atoms with Crippen molar-refractivity contribution in [2.75, 3.05) is 13.2 Å². The van der Waals surface area contributed by atoms with Crippen molar-refractivity contribution < 1.29 is 14.3 Å². The summed E-state index contributed by atoms with van der Waals surface area (Å²) in [5.41, 5.74) is 0.0888. The topological polar surface area (TPSA) is 55.4 Å². The Hall–Kier alpha value is -1.26. The third kappa shape index (κ3) is 4.89. The van der Waals surface area contributed by atoms with E-state index in [-0.39, 0.29) is 28.1 Å². The first-order valence-corrected chi connectivity index (χ1v) is 8.21. The number of hydrogen-bond acceptors (Lipinski definition) is 3. The second kappa shape index (κ2) is 8.39. The van der Waals surface area contributed by atoms with Gasteiger partial charge in [0.05, 0.1) is 15.6 Å². The Balaban J connectivity index is 1.77. The molecule has 1 aromatic carbocycles. The Morgan fingerprint density at radius 2 is 1.77 bits per heavy atom. The van der Waals surface area contributed by atoms with Crippen LogP contribution in [-0.2, 0) is 9.53 Å². The minimum absolute atomic E-state index is 0.0888. The zero-order chi connectivity index (χ0) is 15.9. The van der Waals surface area contributed by atoms with Crippen molar-refractivity contribution in [3.05, 3.63) is 33.8 Å². The van der Waals surface area contributed by atoms with Gasteiger partial charge in [0.2, 0.25) is 0 Å². The van der Waals surface area contributed by atoms with Gasteiger partial charge in [-0.1, -0.05) is 48.5 Å². The van der Waals surface area contributed by atoms with Gasteiger partial charge in [0.1, 0.15) is 0 Å². The minimum atomic E-state index is -0.691. The number of hydrogen-bond donors (Lipinski definition) is 1. The summed E-state index contributed by atoms with van der Waals surface area (Å²) in [7, 11) is 0. The van der Waals surface area contributed by atoms with Crippen LogP contribution in [-0.4, -0.2) is 25.0 Å². The average molecular weight is 344 g/mol. The van der Waals surface area contributed by atoms with Gasteiger partial charge in [-0.15, -0.1) is 0 Å². The molecule has 2 rings (SSSR count). The second-order valence-electron chi connectivity index (χ2n) is 5.48. The Morgan fingerprint density at radius 3 is 2.41 bits per heavy atom. The highest BCUT2D eigenvalue weighted by molar-refractivity contribution is 6.39. The Labute approximate surface area is 140 Å². The molecule has 0 bridgehead atoms. The summed E-state index contributed by atoms with van der Waals surface area (Å²) in [6.07, 6.45) is 6.02. The van der Waals surface area contributed by atoms with Crippen molar-refractivity contribution in [3.8, 4) is 0 Å². The van der Waals surface area contributed by atoms with Crippen molar-refractivity contribution >= 4 is 35.1 Å². The van der Waals surface area contributed by atoms with Gasteiger partial charge in [-0.05, 0) is 30.9 Å². The summed E-state index contributed by atoms with van der Waals surface area (Å²) in [6, 6.07) is 4.73. The average Bonchev–Trinajstić information content (AvgIpc) is 2.52. The van der Waals surface area contributed by atoms with Gasteiger partial charge < -0.3 is 10.1 Å². The lowest BCUT2D eigenvalue weighted by Crippen LogP contribution is -2.33. The van der Waals surface area contributed by atoms with Crippen LogP contribution in [0.3, 0.4) is 0 Å². The molecule has 1 aromatic rings. The molecule has 4 nitrogen and oxygen atoms in total. The van der Waals surface area contributed by atoms with Gasteiger partial charge in [-0.25, -0.2) is 4.79 Å². The first-order chi connectivity index (χ1) is 10.6. The van der Waals surface area contributed by atoms with Crippen LogP contribution < -0.4 is 5.32 Å². The first kappa shape index (κ1) is 17.1. The number of amides is 1. The molecule has 0 atom stereocenters. The van der Waals surface area contributed by atoms with E-state index in [1.807, 2.05) is 0 Å². The summed E-state index contributed by atoms with van der Waals surface area (Å²) < 4.78 is 4.97. The highest BCUT2D eigenvalue weighted by Crippen LogP contribution is 2.25. The quantitative estimate of drug-likeness (QED) is 0.826. The summed E-state index contributed by atoms with van der Waals surface area (Å²) in [5.74, 6) is -0.461. The fraction of sp³-hybridized carbons (Fsp3) is 0.500. The fourth-order valence-corrected chi connectivity index (χ4v) is 3.15. The molecular formula is C16H19Cl2NO3. The van der Waals surface area contributed by atoms with Crippen LogP contribution in [0.5, 0.6) is 0 Å². The lowest BCUT2D eigenvalue weighted by atomic mass is 9.89. The number of esters is 1. The molecule has 22 heavy (non-hydrogen) atoms. The van der Waals surface area contributed by atoms with Crippen molar-refractivity contribution in [3.63, 3.8) is 0 Å². The van der Waals surface area contributed by atoms with E-state index in [2.05, 4.69) is 5.32 Å². The Morgan fingerprint density at radius 1 is 1.14 bits per heavy atom. The van der Waals surface area contributed by atoms with Crippen LogP contribution in [0.4, 0.5) is 0 Å². The van der Waals surface area contributed by atoms with Gasteiger partial charge in [0.25, 0.3) is 5.91 Å². The van der Waals surface area contributed by atoms with E-state index in [9.17, 15) is 9.59 Å². The van der Waals surface area contributed by atoms with E-state index < -0.39 is 5.97 Å². The number of nitrogens with one attached hydrogen (secondary N) is 1. The summed E-state index contributed by atoms with van der Waals surface area (Å²) in [5, 5.41) is 3.22. The van der Waals surface area contributed by atoms with Crippen LogP contribution in [0.1, 0.15) is 42.5 Å². The summed E-state index contributed by atoms with van der Waals surface area (Å²) >= 11 is 11.8. The van der Waals surface area contributed by atoms with E-state index in [0.29, 0.717) is 12.5 Å². The van der Waals surface area contributed by atoms with Gasteiger partial charge in [0, 0.05) is 6.54 Å². The predicted molar refractivity (Wildman–Crippen MR) is 86.3 cm³/mol. The highest BCUT2D eigenvalue weighted by Gasteiger charge is 2.18. The number of rotatable bonds is 5. The maximum atomic E-state index is 11.9. The molecule has 0 aromatic heterocycles. The lowest BCUT2D eigenvalue weighted by molar-refractivity contribution is -0.124. The standard InChI is InChI=1S/C16H19Cl2NO3/c17-12-7-4-8-13(18)15(12)16(21)22-10-14(20)19-9-11-5-2-1-3-6-11/h4,7-8,11H,1-3,5-6,9-10H2,(H,19,20). The zero-order valence-electron chi connectivity index (χ0n) is 12.2. The molecule has 1 amide bonds. The molecule has 1 aliphatic rings. The molecular weight excluding hydrogens is 325 g/mol. The van der Waals surface area contributed by atoms with Crippen molar-refractivity contribution in [2.24, 2.45) is 5.92 Å². The number of carbonyl (C=O) groups excluding carboxylic acids is 2. The number of benzene rings is 1. The van der Waals surface area contributed by atoms with E-state index in [1.54, 1.807) is 18.2 Å². The molecule has 1 aliphatic carbocycles. The number of carbonyl (C=O) groups is 2. The van der Waals surface area contributed by atoms with Crippen LogP contribution in [0.2, 0.25) is 10.0 Å². The molecule has 6 heteroatoms. The van der Waals surface area contributed by atoms with Gasteiger partial charge in [-0.2, -0.15) is 0 Å². The molecule has 1 N–H and O–H groups in total. The molecule has 120 valence electrons. The smallest absolute Gasteiger partial charge is 0.341 e. The largest absolute Gasteiger partial charge is 0.452 e. The van der Waals surface area contributed by atoms with Crippen molar-refractivity contribution in [1.82, 2.24) is 5.32 Å². The van der Waals surface area contributed by atoms with E-state index in [1.165, 1.54) is 19.3 Å². The van der Waals surface area contributed by atoms with Crippen LogP contribution >= 0.6 is 23.2 Å². The highest BCUT2D eigenvalue weighted by atomic mass is 35.5. The third-order valence-electron chi connectivity index (χ3n) is 3.81. The Bertz CT molecular complexity index is 522. The zero-order valence-corrected chi connectivity index (χ0v) is 13.8. The van der Waals surface area contributed by atoms with E-state index in [0.717, 1.165) is 12.8 Å². The predicted octanol–water partition coefficient (Wildman–Crippen LogP) is 3.85. The fourth-order valence-electron chi connectivity index (χ4n) is 2.60. The van der Waals surface area contributed by atoms with Gasteiger partial charge >= 0.3 is 5.97 Å². The first-order valence-electron chi connectivity index (χ1n) is 7.45. The lowest BCUT2D eigenvalue weighted by Gasteiger charge is -2.21. The molecule has 0 aliphatic heterocycles. The number of ether oxygens (including phenoxy) is 1. The SMILES string of the molecule is O=C(COC(=O)c1c(Cl)cccc1Cl)NCC1CCCCC1. The molecule has 1 fully saturated rings. The van der Waals surface area contributed by atoms with Crippen LogP contribution in [0, 0.1) is 5.92 Å². The maximum Gasteiger partial charge on any atom is 0.341 e. The molecule has 0 radical (unpaired) electrons. The van der Waals surface area contributed by atoms with E-state index >= 15 is 0 Å². The van der Waals surface area contributed by atoms with E-state index in [4.69, 9.17) is 27.9 Å². The van der Waals surface area contributed by atoms with Gasteiger partial charge in [0.15, 0.2) is 6.61 Å².